The number of carboxylic acid groups (broad SMARTS) is 1. The van der Waals surface area contributed by atoms with Crippen molar-refractivity contribution in [2.45, 2.75) is 25.4 Å². The van der Waals surface area contributed by atoms with E-state index in [2.05, 4.69) is 33.4 Å². The minimum Gasteiger partial charge on any atom is -0.496 e. The molecule has 1 saturated heterocycles. The summed E-state index contributed by atoms with van der Waals surface area (Å²) in [4.78, 5) is 17.6. The van der Waals surface area contributed by atoms with Gasteiger partial charge in [-0.3, -0.25) is 4.90 Å². The SMILES string of the molecule is COc1cc2c(N)ncc(-c3ccccc3)c2cc1CN1CCC(NC(=O)O)CC1. The van der Waals surface area contributed by atoms with Gasteiger partial charge in [-0.2, -0.15) is 0 Å². The molecule has 3 aromatic rings. The number of pyridine rings is 1. The number of carbonyl (C=O) groups is 1. The molecular weight excluding hydrogens is 380 g/mol. The van der Waals surface area contributed by atoms with E-state index in [0.717, 1.165) is 65.7 Å². The Bertz CT molecular complexity index is 1050. The molecule has 0 spiro atoms. The Labute approximate surface area is 175 Å². The van der Waals surface area contributed by atoms with Crippen LogP contribution in [0.5, 0.6) is 5.75 Å². The topological polar surface area (TPSA) is 101 Å². The van der Waals surface area contributed by atoms with E-state index in [0.29, 0.717) is 5.82 Å². The highest BCUT2D eigenvalue weighted by Gasteiger charge is 2.22. The zero-order valence-electron chi connectivity index (χ0n) is 17.0. The van der Waals surface area contributed by atoms with Crippen LogP contribution in [-0.4, -0.2) is 47.3 Å². The average molecular weight is 406 g/mol. The standard InChI is InChI=1S/C23H26N4O3/c1-30-21-12-19-18(20(13-25-22(19)24)15-5-3-2-4-6-15)11-16(21)14-27-9-7-17(8-10-27)26-23(28)29/h2-6,11-13,17,26H,7-10,14H2,1H3,(H2,24,25)(H,28,29). The molecule has 0 atom stereocenters. The molecule has 156 valence electrons. The number of ether oxygens (including phenoxy) is 1. The molecule has 0 bridgehead atoms. The van der Waals surface area contributed by atoms with Crippen LogP contribution in [0.1, 0.15) is 18.4 Å². The Kier molecular flexibility index (Phi) is 5.72. The lowest BCUT2D eigenvalue weighted by molar-refractivity contribution is 0.164. The number of amides is 1. The number of rotatable bonds is 5. The van der Waals surface area contributed by atoms with Crippen LogP contribution < -0.4 is 15.8 Å². The Hall–Kier alpha value is -3.32. The van der Waals surface area contributed by atoms with Crippen LogP contribution in [0.25, 0.3) is 21.9 Å². The molecule has 1 amide bonds. The number of nitrogens with zero attached hydrogens (tertiary/aromatic N) is 2. The van der Waals surface area contributed by atoms with E-state index in [4.69, 9.17) is 15.6 Å². The van der Waals surface area contributed by atoms with Gasteiger partial charge in [0.25, 0.3) is 0 Å². The van der Waals surface area contributed by atoms with Crippen LogP contribution in [0.4, 0.5) is 10.6 Å². The minimum atomic E-state index is -0.954. The molecule has 1 aliphatic heterocycles. The van der Waals surface area contributed by atoms with Crippen molar-refractivity contribution in [2.75, 3.05) is 25.9 Å². The first-order chi connectivity index (χ1) is 14.5. The number of likely N-dealkylation sites (tertiary alicyclic amines) is 1. The Morgan fingerprint density at radius 3 is 2.63 bits per heavy atom. The number of fused-ring (bicyclic) bond motifs is 1. The highest BCUT2D eigenvalue weighted by Crippen LogP contribution is 2.35. The van der Waals surface area contributed by atoms with Gasteiger partial charge in [-0.05, 0) is 35.9 Å². The van der Waals surface area contributed by atoms with E-state index in [1.165, 1.54) is 0 Å². The van der Waals surface area contributed by atoms with E-state index in [9.17, 15) is 4.79 Å². The number of nitrogen functional groups attached to an aromatic ring is 1. The fourth-order valence-electron chi connectivity index (χ4n) is 4.14. The maximum atomic E-state index is 10.9. The van der Waals surface area contributed by atoms with Gasteiger partial charge < -0.3 is 20.9 Å². The molecule has 1 aliphatic rings. The second-order valence-electron chi connectivity index (χ2n) is 7.63. The number of nitrogens with one attached hydrogen (secondary N) is 1. The number of hydrogen-bond acceptors (Lipinski definition) is 5. The van der Waals surface area contributed by atoms with E-state index in [1.54, 1.807) is 7.11 Å². The Morgan fingerprint density at radius 1 is 1.23 bits per heavy atom. The first-order valence-electron chi connectivity index (χ1n) is 10.1. The van der Waals surface area contributed by atoms with Gasteiger partial charge in [0.2, 0.25) is 0 Å². The van der Waals surface area contributed by atoms with Gasteiger partial charge in [-0.25, -0.2) is 9.78 Å². The molecule has 7 heteroatoms. The normalized spacial score (nSPS) is 15.2. The van der Waals surface area contributed by atoms with Crippen molar-refractivity contribution in [3.8, 4) is 16.9 Å². The lowest BCUT2D eigenvalue weighted by atomic mass is 9.97. The number of benzene rings is 2. The third-order valence-electron chi connectivity index (χ3n) is 5.71. The fraction of sp³-hybridized carbons (Fsp3) is 0.304. The first-order valence-corrected chi connectivity index (χ1v) is 10.1. The van der Waals surface area contributed by atoms with Gasteiger partial charge in [0, 0.05) is 48.4 Å². The minimum absolute atomic E-state index is 0.0211. The van der Waals surface area contributed by atoms with Crippen LogP contribution in [0.15, 0.2) is 48.7 Å². The van der Waals surface area contributed by atoms with Crippen molar-refractivity contribution in [1.82, 2.24) is 15.2 Å². The van der Waals surface area contributed by atoms with E-state index in [-0.39, 0.29) is 6.04 Å². The molecule has 4 N–H and O–H groups in total. The summed E-state index contributed by atoms with van der Waals surface area (Å²) in [5.41, 5.74) is 9.39. The summed E-state index contributed by atoms with van der Waals surface area (Å²) >= 11 is 0. The highest BCUT2D eigenvalue weighted by molar-refractivity contribution is 6.02. The molecule has 30 heavy (non-hydrogen) atoms. The summed E-state index contributed by atoms with van der Waals surface area (Å²) < 4.78 is 5.67. The van der Waals surface area contributed by atoms with Crippen LogP contribution in [-0.2, 0) is 6.54 Å². The van der Waals surface area contributed by atoms with Crippen molar-refractivity contribution in [3.63, 3.8) is 0 Å². The van der Waals surface area contributed by atoms with Crippen molar-refractivity contribution >= 4 is 22.7 Å². The van der Waals surface area contributed by atoms with Gasteiger partial charge in [0.1, 0.15) is 11.6 Å². The van der Waals surface area contributed by atoms with Crippen LogP contribution in [0.2, 0.25) is 0 Å². The Balaban J connectivity index is 1.66. The molecule has 2 heterocycles. The van der Waals surface area contributed by atoms with Gasteiger partial charge >= 0.3 is 6.09 Å². The largest absolute Gasteiger partial charge is 0.496 e. The lowest BCUT2D eigenvalue weighted by Crippen LogP contribution is -2.43. The molecule has 4 rings (SSSR count). The summed E-state index contributed by atoms with van der Waals surface area (Å²) in [5, 5.41) is 13.4. The number of aromatic nitrogens is 1. The summed E-state index contributed by atoms with van der Waals surface area (Å²) in [6, 6.07) is 14.3. The van der Waals surface area contributed by atoms with Crippen molar-refractivity contribution in [3.05, 3.63) is 54.2 Å². The number of hydrogen-bond donors (Lipinski definition) is 3. The van der Waals surface area contributed by atoms with Crippen LogP contribution >= 0.6 is 0 Å². The molecule has 1 aromatic heterocycles. The predicted molar refractivity (Wildman–Crippen MR) is 118 cm³/mol. The lowest BCUT2D eigenvalue weighted by Gasteiger charge is -2.32. The molecule has 0 unspecified atom stereocenters. The first kappa shape index (κ1) is 20.0. The van der Waals surface area contributed by atoms with Crippen LogP contribution in [0, 0.1) is 0 Å². The van der Waals surface area contributed by atoms with Gasteiger partial charge in [0.15, 0.2) is 0 Å². The smallest absolute Gasteiger partial charge is 0.404 e. The molecule has 0 saturated carbocycles. The average Bonchev–Trinajstić information content (AvgIpc) is 2.75. The number of methoxy groups -OCH3 is 1. The summed E-state index contributed by atoms with van der Waals surface area (Å²) in [5.74, 6) is 1.27. The summed E-state index contributed by atoms with van der Waals surface area (Å²) in [6.45, 7) is 2.39. The van der Waals surface area contributed by atoms with Crippen LogP contribution in [0.3, 0.4) is 0 Å². The quantitative estimate of drug-likeness (QED) is 0.597. The summed E-state index contributed by atoms with van der Waals surface area (Å²) in [7, 11) is 1.67. The van der Waals surface area contributed by atoms with Gasteiger partial charge in [-0.15, -0.1) is 0 Å². The van der Waals surface area contributed by atoms with Gasteiger partial charge in [-0.1, -0.05) is 30.3 Å². The van der Waals surface area contributed by atoms with Crippen molar-refractivity contribution in [2.24, 2.45) is 0 Å². The number of anilines is 1. The fourth-order valence-corrected chi connectivity index (χ4v) is 4.14. The zero-order valence-corrected chi connectivity index (χ0v) is 17.0. The summed E-state index contributed by atoms with van der Waals surface area (Å²) in [6.07, 6.45) is 2.47. The number of piperidine rings is 1. The maximum Gasteiger partial charge on any atom is 0.404 e. The third-order valence-corrected chi connectivity index (χ3v) is 5.71. The second kappa shape index (κ2) is 8.59. The molecule has 1 fully saturated rings. The van der Waals surface area contributed by atoms with Crippen molar-refractivity contribution < 1.29 is 14.6 Å². The number of nitrogens with two attached hydrogens (primary N) is 1. The van der Waals surface area contributed by atoms with Gasteiger partial charge in [0.05, 0.1) is 7.11 Å². The third kappa shape index (κ3) is 4.16. The molecule has 2 aromatic carbocycles. The zero-order chi connectivity index (χ0) is 21.1. The highest BCUT2D eigenvalue weighted by atomic mass is 16.5. The predicted octanol–water partition coefficient (Wildman–Crippen LogP) is 3.72. The second-order valence-corrected chi connectivity index (χ2v) is 7.63. The monoisotopic (exact) mass is 406 g/mol. The maximum absolute atomic E-state index is 10.9. The molecule has 7 nitrogen and oxygen atoms in total. The molecular formula is C23H26N4O3. The Morgan fingerprint density at radius 2 is 1.97 bits per heavy atom. The molecule has 0 aliphatic carbocycles. The molecule has 0 radical (unpaired) electrons. The van der Waals surface area contributed by atoms with E-state index in [1.807, 2.05) is 30.5 Å². The van der Waals surface area contributed by atoms with E-state index < -0.39 is 6.09 Å². The van der Waals surface area contributed by atoms with E-state index >= 15 is 0 Å². The van der Waals surface area contributed by atoms with Crippen molar-refractivity contribution in [1.29, 1.82) is 0 Å².